The quantitative estimate of drug-likeness (QED) is 0.536. The molecule has 1 N–H and O–H groups in total. The van der Waals surface area contributed by atoms with Crippen LogP contribution in [0.1, 0.15) is 17.3 Å². The first-order valence-electron chi connectivity index (χ1n) is 4.13. The molecule has 0 spiro atoms. The van der Waals surface area contributed by atoms with Crippen LogP contribution in [-0.2, 0) is 4.74 Å². The largest absolute Gasteiger partial charge is 0.538 e. The smallest absolute Gasteiger partial charge is 0.504 e. The third-order valence-electron chi connectivity index (χ3n) is 1.46. The zero-order chi connectivity index (χ0) is 10.4. The molecule has 0 aliphatic carbocycles. The highest BCUT2D eigenvalue weighted by molar-refractivity contribution is 6.17. The Labute approximate surface area is 82.0 Å². The number of carbonyl (C=O) groups excluding carboxylic acids is 1. The van der Waals surface area contributed by atoms with Crippen LogP contribution in [0, 0.1) is 0 Å². The second-order valence-corrected chi connectivity index (χ2v) is 2.40. The molecule has 0 fully saturated rings. The summed E-state index contributed by atoms with van der Waals surface area (Å²) < 4.78 is 9.52. The second kappa shape index (κ2) is 5.23. The molecule has 0 saturated carbocycles. The maximum Gasteiger partial charge on any atom is 0.504 e. The molecule has 0 aliphatic heterocycles. The van der Waals surface area contributed by atoms with E-state index in [0.717, 1.165) is 0 Å². The van der Waals surface area contributed by atoms with Crippen molar-refractivity contribution in [2.45, 2.75) is 6.92 Å². The number of carbonyl (C=O) groups is 1. The molecule has 0 unspecified atom stereocenters. The number of esters is 1. The molecule has 1 heterocycles. The number of rotatable bonds is 4. The van der Waals surface area contributed by atoms with Gasteiger partial charge in [0.15, 0.2) is 0 Å². The van der Waals surface area contributed by atoms with E-state index in [9.17, 15) is 4.79 Å². The molecule has 6 heteroatoms. The van der Waals surface area contributed by atoms with E-state index in [2.05, 4.69) is 4.98 Å². The maximum absolute atomic E-state index is 11.2. The Morgan fingerprint density at radius 2 is 2.43 bits per heavy atom. The minimum absolute atomic E-state index is 0.304. The van der Waals surface area contributed by atoms with Crippen molar-refractivity contribution in [3.05, 3.63) is 24.0 Å². The highest BCUT2D eigenvalue weighted by Gasteiger charge is 2.07. The molecular formula is C8H10BNO4. The van der Waals surface area contributed by atoms with Gasteiger partial charge in [-0.25, -0.2) is 4.79 Å². The first-order chi connectivity index (χ1) is 6.77. The summed E-state index contributed by atoms with van der Waals surface area (Å²) in [5, 5.41) is 8.49. The normalized spacial score (nSPS) is 9.29. The van der Waals surface area contributed by atoms with Crippen LogP contribution in [0.4, 0.5) is 0 Å². The summed E-state index contributed by atoms with van der Waals surface area (Å²) in [6, 6.07) is 1.46. The highest BCUT2D eigenvalue weighted by Crippen LogP contribution is 2.11. The van der Waals surface area contributed by atoms with Crippen molar-refractivity contribution in [1.82, 2.24) is 4.98 Å². The average molecular weight is 195 g/mol. The predicted octanol–water partition coefficient (Wildman–Crippen LogP) is -0.104. The van der Waals surface area contributed by atoms with Crippen molar-refractivity contribution >= 4 is 13.7 Å². The zero-order valence-corrected chi connectivity index (χ0v) is 7.77. The van der Waals surface area contributed by atoms with Crippen LogP contribution in [-0.4, -0.2) is 30.3 Å². The van der Waals surface area contributed by atoms with Gasteiger partial charge >= 0.3 is 13.7 Å². The van der Waals surface area contributed by atoms with E-state index in [1.807, 2.05) is 0 Å². The Kier molecular flexibility index (Phi) is 3.94. The number of nitrogens with zero attached hydrogens (tertiary/aromatic N) is 1. The van der Waals surface area contributed by atoms with E-state index in [0.29, 0.717) is 17.9 Å². The van der Waals surface area contributed by atoms with Crippen LogP contribution in [0.2, 0.25) is 0 Å². The van der Waals surface area contributed by atoms with Crippen molar-refractivity contribution in [2.75, 3.05) is 6.61 Å². The lowest BCUT2D eigenvalue weighted by molar-refractivity contribution is 0.0525. The molecule has 0 atom stereocenters. The molecule has 1 aromatic rings. The average Bonchev–Trinajstić information content (AvgIpc) is 2.19. The molecule has 0 saturated heterocycles. The summed E-state index contributed by atoms with van der Waals surface area (Å²) in [6.07, 6.45) is 2.78. The third-order valence-corrected chi connectivity index (χ3v) is 1.46. The van der Waals surface area contributed by atoms with Crippen molar-refractivity contribution in [2.24, 2.45) is 0 Å². The summed E-state index contributed by atoms with van der Waals surface area (Å²) in [7, 11) is -0.450. The lowest BCUT2D eigenvalue weighted by Crippen LogP contribution is -2.06. The fourth-order valence-electron chi connectivity index (χ4n) is 0.898. The predicted molar refractivity (Wildman–Crippen MR) is 50.2 cm³/mol. The Hall–Kier alpha value is -1.56. The number of hydrogen-bond donors (Lipinski definition) is 1. The van der Waals surface area contributed by atoms with Gasteiger partial charge in [-0.15, -0.1) is 0 Å². The van der Waals surface area contributed by atoms with Gasteiger partial charge in [0.2, 0.25) is 0 Å². The van der Waals surface area contributed by atoms with Crippen LogP contribution in [0.25, 0.3) is 0 Å². The SMILES string of the molecule is CCOC(=O)c1cncc(OBO)c1. The van der Waals surface area contributed by atoms with Crippen molar-refractivity contribution in [3.63, 3.8) is 0 Å². The summed E-state index contributed by atoms with van der Waals surface area (Å²) in [6.45, 7) is 2.03. The standard InChI is InChI=1S/C8H10BNO4/c1-2-13-8(11)6-3-7(14-9-12)5-10-4-6/h3-5,9,12H,2H2,1H3. The molecular weight excluding hydrogens is 185 g/mol. The van der Waals surface area contributed by atoms with E-state index in [-0.39, 0.29) is 0 Å². The van der Waals surface area contributed by atoms with Crippen molar-refractivity contribution < 1.29 is 19.2 Å². The van der Waals surface area contributed by atoms with Gasteiger partial charge in [0.1, 0.15) is 5.75 Å². The van der Waals surface area contributed by atoms with Gasteiger partial charge in [0.25, 0.3) is 0 Å². The van der Waals surface area contributed by atoms with Crippen LogP contribution in [0.15, 0.2) is 18.5 Å². The van der Waals surface area contributed by atoms with Crippen LogP contribution < -0.4 is 4.65 Å². The van der Waals surface area contributed by atoms with Gasteiger partial charge in [0, 0.05) is 6.20 Å². The van der Waals surface area contributed by atoms with Crippen molar-refractivity contribution in [3.8, 4) is 5.75 Å². The van der Waals surface area contributed by atoms with Crippen molar-refractivity contribution in [1.29, 1.82) is 0 Å². The topological polar surface area (TPSA) is 68.7 Å². The van der Waals surface area contributed by atoms with Gasteiger partial charge in [-0.05, 0) is 13.0 Å². The lowest BCUT2D eigenvalue weighted by Gasteiger charge is -2.04. The Morgan fingerprint density at radius 3 is 3.07 bits per heavy atom. The molecule has 14 heavy (non-hydrogen) atoms. The molecule has 1 aromatic heterocycles. The summed E-state index contributed by atoms with van der Waals surface area (Å²) in [5.74, 6) is -0.124. The highest BCUT2D eigenvalue weighted by atomic mass is 16.5. The minimum Gasteiger partial charge on any atom is -0.538 e. The Morgan fingerprint density at radius 1 is 1.64 bits per heavy atom. The van der Waals surface area contributed by atoms with E-state index in [4.69, 9.17) is 14.4 Å². The number of hydrogen-bond acceptors (Lipinski definition) is 5. The first-order valence-corrected chi connectivity index (χ1v) is 4.13. The molecule has 0 amide bonds. The van der Waals surface area contributed by atoms with Gasteiger partial charge in [-0.1, -0.05) is 0 Å². The number of ether oxygens (including phenoxy) is 1. The fraction of sp³-hybridized carbons (Fsp3) is 0.250. The third kappa shape index (κ3) is 2.74. The molecule has 1 rings (SSSR count). The van der Waals surface area contributed by atoms with E-state index >= 15 is 0 Å². The molecule has 5 nitrogen and oxygen atoms in total. The van der Waals surface area contributed by atoms with Crippen LogP contribution in [0.5, 0.6) is 5.75 Å². The summed E-state index contributed by atoms with van der Waals surface area (Å²) in [4.78, 5) is 15.0. The summed E-state index contributed by atoms with van der Waals surface area (Å²) in [5.41, 5.74) is 0.304. The fourth-order valence-corrected chi connectivity index (χ4v) is 0.898. The van der Waals surface area contributed by atoms with E-state index < -0.39 is 13.7 Å². The Balaban J connectivity index is 2.77. The number of aromatic nitrogens is 1. The molecule has 0 radical (unpaired) electrons. The van der Waals surface area contributed by atoms with Gasteiger partial charge in [-0.3, -0.25) is 4.98 Å². The van der Waals surface area contributed by atoms with Gasteiger partial charge in [0.05, 0.1) is 18.4 Å². The van der Waals surface area contributed by atoms with E-state index in [1.54, 1.807) is 6.92 Å². The molecule has 0 aromatic carbocycles. The van der Waals surface area contributed by atoms with E-state index in [1.165, 1.54) is 18.5 Å². The first kappa shape index (κ1) is 10.5. The summed E-state index contributed by atoms with van der Waals surface area (Å²) >= 11 is 0. The minimum atomic E-state index is -0.455. The second-order valence-electron chi connectivity index (χ2n) is 2.40. The lowest BCUT2D eigenvalue weighted by atomic mass is 10.2. The van der Waals surface area contributed by atoms with Gasteiger partial charge < -0.3 is 14.4 Å². The van der Waals surface area contributed by atoms with Gasteiger partial charge in [-0.2, -0.15) is 0 Å². The van der Waals surface area contributed by atoms with Crippen LogP contribution >= 0.6 is 0 Å². The Bertz CT molecular complexity index is 318. The number of pyridine rings is 1. The monoisotopic (exact) mass is 195 g/mol. The molecule has 0 bridgehead atoms. The van der Waals surface area contributed by atoms with Crippen LogP contribution in [0.3, 0.4) is 0 Å². The molecule has 0 aliphatic rings. The zero-order valence-electron chi connectivity index (χ0n) is 7.77. The maximum atomic E-state index is 11.2. The molecule has 74 valence electrons.